The van der Waals surface area contributed by atoms with Gasteiger partial charge in [0, 0.05) is 26.1 Å². The number of benzene rings is 2. The number of likely N-dealkylation sites (tertiary alicyclic amines) is 1. The Kier molecular flexibility index (Phi) is 8.86. The van der Waals surface area contributed by atoms with Crippen LogP contribution in [0.25, 0.3) is 0 Å². The van der Waals surface area contributed by atoms with Crippen molar-refractivity contribution in [1.29, 1.82) is 0 Å². The number of hydrogen-bond acceptors (Lipinski definition) is 3. The zero-order valence-corrected chi connectivity index (χ0v) is 19.6. The highest BCUT2D eigenvalue weighted by Crippen LogP contribution is 2.20. The van der Waals surface area contributed by atoms with Gasteiger partial charge < -0.3 is 10.6 Å². The van der Waals surface area contributed by atoms with Crippen LogP contribution in [0.15, 0.2) is 54.6 Å². The van der Waals surface area contributed by atoms with Crippen molar-refractivity contribution < 1.29 is 9.59 Å². The van der Waals surface area contributed by atoms with E-state index in [-0.39, 0.29) is 17.7 Å². The van der Waals surface area contributed by atoms with Gasteiger partial charge in [-0.3, -0.25) is 14.5 Å². The molecule has 0 spiro atoms. The molecule has 0 saturated carbocycles. The summed E-state index contributed by atoms with van der Waals surface area (Å²) in [5.41, 5.74) is 3.17. The third kappa shape index (κ3) is 7.20. The predicted octanol–water partition coefficient (Wildman–Crippen LogP) is 4.44. The van der Waals surface area contributed by atoms with Crippen LogP contribution in [0.1, 0.15) is 62.8 Å². The molecular weight excluding hydrogens is 398 g/mol. The molecule has 2 amide bonds. The second kappa shape index (κ2) is 11.8. The normalized spacial score (nSPS) is 17.7. The van der Waals surface area contributed by atoms with E-state index >= 15 is 0 Å². The first-order valence-corrected chi connectivity index (χ1v) is 11.8. The third-order valence-corrected chi connectivity index (χ3v) is 6.00. The first kappa shape index (κ1) is 24.0. The Hall–Kier alpha value is -2.66. The van der Waals surface area contributed by atoms with Gasteiger partial charge in [-0.1, -0.05) is 75.4 Å². The average Bonchev–Trinajstić information content (AvgIpc) is 2.77. The van der Waals surface area contributed by atoms with E-state index in [0.29, 0.717) is 13.0 Å². The van der Waals surface area contributed by atoms with Crippen molar-refractivity contribution in [3.8, 4) is 0 Å². The summed E-state index contributed by atoms with van der Waals surface area (Å²) in [6, 6.07) is 17.1. The minimum atomic E-state index is -0.697. The molecular formula is C27H37N3O2. The molecule has 1 saturated heterocycles. The highest BCUT2D eigenvalue weighted by Gasteiger charge is 2.23. The molecule has 0 aliphatic carbocycles. The van der Waals surface area contributed by atoms with Crippen LogP contribution < -0.4 is 10.6 Å². The van der Waals surface area contributed by atoms with Crippen LogP contribution in [0.3, 0.4) is 0 Å². The second-order valence-electron chi connectivity index (χ2n) is 9.48. The number of carbonyl (C=O) groups excluding carboxylic acids is 2. The van der Waals surface area contributed by atoms with Gasteiger partial charge in [-0.05, 0) is 47.9 Å². The van der Waals surface area contributed by atoms with Gasteiger partial charge in [0.25, 0.3) is 0 Å². The molecule has 172 valence electrons. The summed E-state index contributed by atoms with van der Waals surface area (Å²) in [7, 11) is 0. The van der Waals surface area contributed by atoms with Crippen LogP contribution in [0.2, 0.25) is 0 Å². The van der Waals surface area contributed by atoms with Crippen LogP contribution in [0.5, 0.6) is 0 Å². The highest BCUT2D eigenvalue weighted by atomic mass is 16.2. The molecule has 3 rings (SSSR count). The Bertz CT molecular complexity index is 881. The fourth-order valence-corrected chi connectivity index (χ4v) is 4.38. The van der Waals surface area contributed by atoms with E-state index in [4.69, 9.17) is 0 Å². The highest BCUT2D eigenvalue weighted by molar-refractivity contribution is 5.88. The van der Waals surface area contributed by atoms with Crippen LogP contribution in [0.4, 0.5) is 0 Å². The van der Waals surface area contributed by atoms with E-state index in [2.05, 4.69) is 40.7 Å². The zero-order chi connectivity index (χ0) is 22.9. The molecule has 1 aliphatic heterocycles. The lowest BCUT2D eigenvalue weighted by Crippen LogP contribution is -2.40. The fraction of sp³-hybridized carbons (Fsp3) is 0.481. The summed E-state index contributed by atoms with van der Waals surface area (Å²) in [6.45, 7) is 9.91. The lowest BCUT2D eigenvalue weighted by atomic mass is 9.99. The largest absolute Gasteiger partial charge is 0.350 e. The van der Waals surface area contributed by atoms with Gasteiger partial charge in [0.15, 0.2) is 0 Å². The van der Waals surface area contributed by atoms with E-state index in [9.17, 15) is 9.59 Å². The molecule has 1 aliphatic rings. The second-order valence-corrected chi connectivity index (χ2v) is 9.48. The summed E-state index contributed by atoms with van der Waals surface area (Å²) in [4.78, 5) is 28.1. The average molecular weight is 436 g/mol. The number of hydrogen-bond donors (Lipinski definition) is 2. The molecule has 5 nitrogen and oxygen atoms in total. The Labute approximate surface area is 192 Å². The SMILES string of the molecule is CC(C)CC(=O)NC(C(=O)NCc1ccccc1CN1CCCC(C)C1)c1ccccc1. The molecule has 2 aromatic carbocycles. The Balaban J connectivity index is 1.67. The summed E-state index contributed by atoms with van der Waals surface area (Å²) in [5.74, 6) is 0.675. The molecule has 1 heterocycles. The Morgan fingerprint density at radius 3 is 2.41 bits per heavy atom. The first-order chi connectivity index (χ1) is 15.4. The third-order valence-electron chi connectivity index (χ3n) is 6.00. The maximum Gasteiger partial charge on any atom is 0.247 e. The molecule has 2 atom stereocenters. The van der Waals surface area contributed by atoms with E-state index in [1.54, 1.807) is 0 Å². The number of nitrogens with zero attached hydrogens (tertiary/aromatic N) is 1. The minimum Gasteiger partial charge on any atom is -0.350 e. The smallest absolute Gasteiger partial charge is 0.247 e. The first-order valence-electron chi connectivity index (χ1n) is 11.8. The summed E-state index contributed by atoms with van der Waals surface area (Å²) in [5, 5.41) is 6.00. The van der Waals surface area contributed by atoms with Crippen LogP contribution in [-0.4, -0.2) is 29.8 Å². The summed E-state index contributed by atoms with van der Waals surface area (Å²) in [6.07, 6.45) is 2.94. The van der Waals surface area contributed by atoms with Gasteiger partial charge in [-0.2, -0.15) is 0 Å². The van der Waals surface area contributed by atoms with Gasteiger partial charge >= 0.3 is 0 Å². The van der Waals surface area contributed by atoms with Gasteiger partial charge in [0.2, 0.25) is 11.8 Å². The molecule has 32 heavy (non-hydrogen) atoms. The predicted molar refractivity (Wildman–Crippen MR) is 129 cm³/mol. The molecule has 2 unspecified atom stereocenters. The Morgan fingerprint density at radius 2 is 1.72 bits per heavy atom. The molecule has 0 aromatic heterocycles. The monoisotopic (exact) mass is 435 g/mol. The van der Waals surface area contributed by atoms with Crippen molar-refractivity contribution in [2.75, 3.05) is 13.1 Å². The number of carbonyl (C=O) groups is 2. The number of nitrogens with one attached hydrogen (secondary N) is 2. The topological polar surface area (TPSA) is 61.4 Å². The van der Waals surface area contributed by atoms with E-state index in [1.165, 1.54) is 18.4 Å². The van der Waals surface area contributed by atoms with Crippen molar-refractivity contribution in [3.63, 3.8) is 0 Å². The fourth-order valence-electron chi connectivity index (χ4n) is 4.38. The Morgan fingerprint density at radius 1 is 1.03 bits per heavy atom. The van der Waals surface area contributed by atoms with E-state index < -0.39 is 6.04 Å². The van der Waals surface area contributed by atoms with Crippen molar-refractivity contribution in [2.24, 2.45) is 11.8 Å². The molecule has 5 heteroatoms. The van der Waals surface area contributed by atoms with Gasteiger partial charge in [-0.15, -0.1) is 0 Å². The van der Waals surface area contributed by atoms with E-state index in [0.717, 1.165) is 36.7 Å². The maximum absolute atomic E-state index is 13.1. The molecule has 0 bridgehead atoms. The van der Waals surface area contributed by atoms with Crippen molar-refractivity contribution in [3.05, 3.63) is 71.3 Å². The van der Waals surface area contributed by atoms with Gasteiger partial charge in [0.1, 0.15) is 6.04 Å². The van der Waals surface area contributed by atoms with Gasteiger partial charge in [-0.25, -0.2) is 0 Å². The standard InChI is InChI=1S/C27H37N3O2/c1-20(2)16-25(31)29-26(22-11-5-4-6-12-22)27(32)28-17-23-13-7-8-14-24(23)19-30-15-9-10-21(3)18-30/h4-8,11-14,20-21,26H,9-10,15-19H2,1-3H3,(H,28,32)(H,29,31). The molecule has 0 radical (unpaired) electrons. The van der Waals surface area contributed by atoms with Crippen molar-refractivity contribution in [2.45, 2.75) is 59.2 Å². The van der Waals surface area contributed by atoms with Crippen LogP contribution in [-0.2, 0) is 22.7 Å². The molecule has 2 aromatic rings. The minimum absolute atomic E-state index is 0.108. The maximum atomic E-state index is 13.1. The summed E-state index contributed by atoms with van der Waals surface area (Å²) >= 11 is 0. The molecule has 2 N–H and O–H groups in total. The number of piperidine rings is 1. The molecule has 1 fully saturated rings. The lowest BCUT2D eigenvalue weighted by molar-refractivity contribution is -0.129. The summed E-state index contributed by atoms with van der Waals surface area (Å²) < 4.78 is 0. The van der Waals surface area contributed by atoms with Crippen molar-refractivity contribution in [1.82, 2.24) is 15.5 Å². The number of rotatable bonds is 9. The zero-order valence-electron chi connectivity index (χ0n) is 19.6. The lowest BCUT2D eigenvalue weighted by Gasteiger charge is -2.31. The van der Waals surface area contributed by atoms with Crippen molar-refractivity contribution >= 4 is 11.8 Å². The van der Waals surface area contributed by atoms with Crippen LogP contribution >= 0.6 is 0 Å². The van der Waals surface area contributed by atoms with Gasteiger partial charge in [0.05, 0.1) is 0 Å². The van der Waals surface area contributed by atoms with Crippen LogP contribution in [0, 0.1) is 11.8 Å². The number of amides is 2. The van der Waals surface area contributed by atoms with E-state index in [1.807, 2.05) is 50.2 Å². The quantitative estimate of drug-likeness (QED) is 0.612.